The molecule has 11 nitrogen and oxygen atoms in total. The van der Waals surface area contributed by atoms with Gasteiger partial charge in [0.2, 0.25) is 0 Å². The molecule has 0 bridgehead atoms. The summed E-state index contributed by atoms with van der Waals surface area (Å²) in [6.45, 7) is -1.11. The molecule has 6 N–H and O–H groups in total. The standard InChI is InChI=1S/C14H26O11/c1-21-11-7(17)5(3-15)24-14(9(11)19)25-10-6(4-16)23-13(20)8(18)12(10)22-2/h5-20H,3-4H2,1-2H3/t5-,6-,7-,8+,9+,10-,11+,12-,13?,14-/m1/s1. The summed E-state index contributed by atoms with van der Waals surface area (Å²) < 4.78 is 26.2. The number of aliphatic hydroxyl groups excluding tert-OH is 6. The quantitative estimate of drug-likeness (QED) is 0.269. The fourth-order valence-corrected chi connectivity index (χ4v) is 3.09. The van der Waals surface area contributed by atoms with Gasteiger partial charge in [-0.2, -0.15) is 0 Å². The number of rotatable bonds is 6. The van der Waals surface area contributed by atoms with Crippen molar-refractivity contribution in [3.8, 4) is 0 Å². The molecule has 0 saturated carbocycles. The van der Waals surface area contributed by atoms with Crippen LogP contribution in [-0.2, 0) is 23.7 Å². The summed E-state index contributed by atoms with van der Waals surface area (Å²) in [6, 6.07) is 0. The first-order valence-electron chi connectivity index (χ1n) is 7.85. The fourth-order valence-electron chi connectivity index (χ4n) is 3.09. The molecule has 2 rings (SSSR count). The van der Waals surface area contributed by atoms with Crippen molar-refractivity contribution >= 4 is 0 Å². The van der Waals surface area contributed by atoms with Crippen LogP contribution < -0.4 is 0 Å². The summed E-state index contributed by atoms with van der Waals surface area (Å²) in [5.41, 5.74) is 0. The molecule has 0 spiro atoms. The van der Waals surface area contributed by atoms with E-state index < -0.39 is 74.6 Å². The van der Waals surface area contributed by atoms with Gasteiger partial charge >= 0.3 is 0 Å². The van der Waals surface area contributed by atoms with Gasteiger partial charge in [0.25, 0.3) is 0 Å². The van der Waals surface area contributed by atoms with Crippen LogP contribution in [0, 0.1) is 0 Å². The third kappa shape index (κ3) is 4.12. The van der Waals surface area contributed by atoms with E-state index in [0.717, 1.165) is 0 Å². The van der Waals surface area contributed by atoms with Crippen molar-refractivity contribution in [3.05, 3.63) is 0 Å². The highest BCUT2D eigenvalue weighted by Gasteiger charge is 2.51. The smallest absolute Gasteiger partial charge is 0.187 e. The first-order valence-corrected chi connectivity index (χ1v) is 7.85. The molecule has 0 amide bonds. The van der Waals surface area contributed by atoms with Gasteiger partial charge in [-0.3, -0.25) is 0 Å². The van der Waals surface area contributed by atoms with E-state index in [2.05, 4.69) is 0 Å². The zero-order valence-corrected chi connectivity index (χ0v) is 13.9. The highest BCUT2D eigenvalue weighted by Crippen LogP contribution is 2.30. The Kier molecular flexibility index (Phi) is 7.49. The van der Waals surface area contributed by atoms with Crippen molar-refractivity contribution in [3.63, 3.8) is 0 Å². The summed E-state index contributed by atoms with van der Waals surface area (Å²) in [6.07, 6.45) is -12.6. The fraction of sp³-hybridized carbons (Fsp3) is 1.00. The first-order chi connectivity index (χ1) is 11.9. The molecule has 0 aromatic carbocycles. The lowest BCUT2D eigenvalue weighted by Gasteiger charge is -2.46. The lowest BCUT2D eigenvalue weighted by molar-refractivity contribution is -0.358. The maximum Gasteiger partial charge on any atom is 0.187 e. The van der Waals surface area contributed by atoms with Crippen LogP contribution >= 0.6 is 0 Å². The topological polar surface area (TPSA) is 168 Å². The van der Waals surface area contributed by atoms with Crippen molar-refractivity contribution in [2.24, 2.45) is 0 Å². The summed E-state index contributed by atoms with van der Waals surface area (Å²) in [7, 11) is 2.54. The number of hydrogen-bond donors (Lipinski definition) is 6. The van der Waals surface area contributed by atoms with Crippen LogP contribution in [0.25, 0.3) is 0 Å². The van der Waals surface area contributed by atoms with Gasteiger partial charge in [-0.05, 0) is 0 Å². The monoisotopic (exact) mass is 370 g/mol. The van der Waals surface area contributed by atoms with E-state index in [0.29, 0.717) is 0 Å². The number of aliphatic hydroxyl groups is 6. The van der Waals surface area contributed by atoms with Crippen LogP contribution in [0.1, 0.15) is 0 Å². The average Bonchev–Trinajstić information content (AvgIpc) is 2.60. The highest BCUT2D eigenvalue weighted by molar-refractivity contribution is 4.94. The Balaban J connectivity index is 2.18. The van der Waals surface area contributed by atoms with E-state index in [9.17, 15) is 30.6 Å². The largest absolute Gasteiger partial charge is 0.394 e. The van der Waals surface area contributed by atoms with Gasteiger partial charge in [0, 0.05) is 14.2 Å². The molecule has 2 saturated heterocycles. The molecule has 0 aromatic rings. The van der Waals surface area contributed by atoms with E-state index in [4.69, 9.17) is 23.7 Å². The van der Waals surface area contributed by atoms with E-state index in [1.807, 2.05) is 0 Å². The summed E-state index contributed by atoms with van der Waals surface area (Å²) in [5.74, 6) is 0. The highest BCUT2D eigenvalue weighted by atomic mass is 16.7. The lowest BCUT2D eigenvalue weighted by Crippen LogP contribution is -2.65. The molecule has 2 fully saturated rings. The predicted octanol–water partition coefficient (Wildman–Crippen LogP) is -4.09. The maximum absolute atomic E-state index is 10.3. The third-order valence-corrected chi connectivity index (χ3v) is 4.47. The van der Waals surface area contributed by atoms with Crippen LogP contribution in [0.15, 0.2) is 0 Å². The first kappa shape index (κ1) is 20.9. The summed E-state index contributed by atoms with van der Waals surface area (Å²) >= 11 is 0. The van der Waals surface area contributed by atoms with Gasteiger partial charge in [-0.25, -0.2) is 0 Å². The Morgan fingerprint density at radius 3 is 1.84 bits per heavy atom. The zero-order chi connectivity index (χ0) is 18.7. The molecule has 2 heterocycles. The van der Waals surface area contributed by atoms with E-state index in [1.54, 1.807) is 0 Å². The molecule has 0 radical (unpaired) electrons. The van der Waals surface area contributed by atoms with Crippen molar-refractivity contribution in [2.75, 3.05) is 27.4 Å². The van der Waals surface area contributed by atoms with Crippen LogP contribution in [-0.4, -0.2) is 119 Å². The van der Waals surface area contributed by atoms with E-state index in [1.165, 1.54) is 14.2 Å². The second-order valence-electron chi connectivity index (χ2n) is 5.95. The van der Waals surface area contributed by atoms with Crippen LogP contribution in [0.2, 0.25) is 0 Å². The van der Waals surface area contributed by atoms with E-state index >= 15 is 0 Å². The Bertz CT molecular complexity index is 410. The average molecular weight is 370 g/mol. The van der Waals surface area contributed by atoms with Crippen LogP contribution in [0.5, 0.6) is 0 Å². The molecule has 148 valence electrons. The maximum atomic E-state index is 10.3. The van der Waals surface area contributed by atoms with Crippen LogP contribution in [0.3, 0.4) is 0 Å². The molecule has 0 aliphatic carbocycles. The number of methoxy groups -OCH3 is 2. The molecular formula is C14H26O11. The zero-order valence-electron chi connectivity index (χ0n) is 13.9. The van der Waals surface area contributed by atoms with Gasteiger partial charge in [0.15, 0.2) is 12.6 Å². The Morgan fingerprint density at radius 1 is 0.720 bits per heavy atom. The molecule has 25 heavy (non-hydrogen) atoms. The van der Waals surface area contributed by atoms with Crippen molar-refractivity contribution in [2.45, 2.75) is 61.4 Å². The van der Waals surface area contributed by atoms with Crippen LogP contribution in [0.4, 0.5) is 0 Å². The SMILES string of the molecule is CO[C@@H]1[C@H](O)[C@@H](O[C@H]2[C@H](OC)[C@H](O)C(O)O[C@@H]2CO)O[C@H](CO)[C@H]1O. The number of hydrogen-bond acceptors (Lipinski definition) is 11. The van der Waals surface area contributed by atoms with Gasteiger partial charge in [0.1, 0.15) is 48.8 Å². The van der Waals surface area contributed by atoms with Crippen molar-refractivity contribution in [1.29, 1.82) is 0 Å². The molecule has 0 aromatic heterocycles. The predicted molar refractivity (Wildman–Crippen MR) is 78.2 cm³/mol. The molecule has 2 aliphatic heterocycles. The third-order valence-electron chi connectivity index (χ3n) is 4.47. The normalized spacial score (nSPS) is 48.5. The minimum absolute atomic E-state index is 0.548. The van der Waals surface area contributed by atoms with Crippen molar-refractivity contribution < 1.29 is 54.3 Å². The summed E-state index contributed by atoms with van der Waals surface area (Å²) in [5, 5.41) is 58.7. The van der Waals surface area contributed by atoms with E-state index in [-0.39, 0.29) is 0 Å². The molecule has 2 aliphatic rings. The second kappa shape index (κ2) is 8.97. The Labute approximate surface area is 144 Å². The van der Waals surface area contributed by atoms with Gasteiger partial charge in [-0.15, -0.1) is 0 Å². The molecule has 10 atom stereocenters. The Morgan fingerprint density at radius 2 is 1.32 bits per heavy atom. The second-order valence-corrected chi connectivity index (χ2v) is 5.95. The minimum atomic E-state index is -1.59. The minimum Gasteiger partial charge on any atom is -0.394 e. The molecule has 11 heteroatoms. The molecule has 1 unspecified atom stereocenters. The lowest BCUT2D eigenvalue weighted by atomic mass is 9.97. The number of ether oxygens (including phenoxy) is 5. The van der Waals surface area contributed by atoms with Crippen molar-refractivity contribution in [1.82, 2.24) is 0 Å². The Hall–Kier alpha value is -0.440. The van der Waals surface area contributed by atoms with Gasteiger partial charge in [-0.1, -0.05) is 0 Å². The summed E-state index contributed by atoms with van der Waals surface area (Å²) in [4.78, 5) is 0. The van der Waals surface area contributed by atoms with Gasteiger partial charge < -0.3 is 54.3 Å². The van der Waals surface area contributed by atoms with Gasteiger partial charge in [0.05, 0.1) is 13.2 Å². The molecular weight excluding hydrogens is 344 g/mol.